The maximum atomic E-state index is 11.4. The van der Waals surface area contributed by atoms with Gasteiger partial charge in [-0.25, -0.2) is 0 Å². The average molecular weight is 258 g/mol. The van der Waals surface area contributed by atoms with Crippen LogP contribution in [0.4, 0.5) is 0 Å². The number of hydrogen-bond acceptors (Lipinski definition) is 3. The number of ether oxygens (including phenoxy) is 1. The molecule has 0 amide bonds. The second-order valence-corrected chi connectivity index (χ2v) is 4.73. The van der Waals surface area contributed by atoms with Gasteiger partial charge in [-0.15, -0.1) is 0 Å². The van der Waals surface area contributed by atoms with Gasteiger partial charge in [-0.2, -0.15) is 0 Å². The molecule has 0 bridgehead atoms. The number of carbonyl (C=O) groups is 2. The second kappa shape index (κ2) is 11.1. The molecule has 0 aliphatic rings. The number of unbranched alkanes of at least 4 members (excludes halogenated alkanes) is 6. The molecule has 0 rings (SSSR count). The standard InChI is InChI=1S/C14H26O4/c1-3-4-5-6-7-8-9-10-12(11-13(15)16)14(17)18-2/h12H,3-11H2,1-2H3,(H,15,16). The molecule has 0 fully saturated rings. The van der Waals surface area contributed by atoms with E-state index in [-0.39, 0.29) is 6.42 Å². The minimum atomic E-state index is -0.937. The maximum absolute atomic E-state index is 11.4. The second-order valence-electron chi connectivity index (χ2n) is 4.73. The SMILES string of the molecule is CCCCCCCCCC(CC(=O)O)C(=O)OC. The van der Waals surface area contributed by atoms with Crippen LogP contribution in [0, 0.1) is 5.92 Å². The fraction of sp³-hybridized carbons (Fsp3) is 0.857. The lowest BCUT2D eigenvalue weighted by Crippen LogP contribution is -2.19. The Labute approximate surface area is 110 Å². The molecule has 4 nitrogen and oxygen atoms in total. The molecule has 1 atom stereocenters. The van der Waals surface area contributed by atoms with Gasteiger partial charge in [0.1, 0.15) is 0 Å². The quantitative estimate of drug-likeness (QED) is 0.456. The van der Waals surface area contributed by atoms with Crippen molar-refractivity contribution in [3.05, 3.63) is 0 Å². The van der Waals surface area contributed by atoms with Crippen molar-refractivity contribution >= 4 is 11.9 Å². The highest BCUT2D eigenvalue weighted by atomic mass is 16.5. The topological polar surface area (TPSA) is 63.6 Å². The molecule has 0 saturated heterocycles. The van der Waals surface area contributed by atoms with Crippen LogP contribution in [0.1, 0.15) is 64.7 Å². The zero-order chi connectivity index (χ0) is 13.8. The van der Waals surface area contributed by atoms with Crippen molar-refractivity contribution in [1.29, 1.82) is 0 Å². The van der Waals surface area contributed by atoms with Crippen LogP contribution >= 0.6 is 0 Å². The van der Waals surface area contributed by atoms with Gasteiger partial charge in [0.2, 0.25) is 0 Å². The Hall–Kier alpha value is -1.06. The van der Waals surface area contributed by atoms with Crippen molar-refractivity contribution in [2.45, 2.75) is 64.7 Å². The number of rotatable bonds is 11. The highest BCUT2D eigenvalue weighted by Crippen LogP contribution is 2.17. The van der Waals surface area contributed by atoms with E-state index in [1.807, 2.05) is 0 Å². The van der Waals surface area contributed by atoms with E-state index >= 15 is 0 Å². The van der Waals surface area contributed by atoms with Crippen molar-refractivity contribution in [3.63, 3.8) is 0 Å². The molecule has 0 saturated carbocycles. The zero-order valence-electron chi connectivity index (χ0n) is 11.6. The Morgan fingerprint density at radius 2 is 1.61 bits per heavy atom. The smallest absolute Gasteiger partial charge is 0.309 e. The van der Waals surface area contributed by atoms with Crippen LogP contribution in [0.15, 0.2) is 0 Å². The third-order valence-corrected chi connectivity index (χ3v) is 3.11. The van der Waals surface area contributed by atoms with Gasteiger partial charge in [-0.05, 0) is 6.42 Å². The molecule has 0 spiro atoms. The fourth-order valence-corrected chi connectivity index (χ4v) is 2.03. The normalized spacial score (nSPS) is 12.1. The molecule has 0 radical (unpaired) electrons. The van der Waals surface area contributed by atoms with Crippen LogP contribution < -0.4 is 0 Å². The molecular weight excluding hydrogens is 232 g/mol. The molecule has 4 heteroatoms. The van der Waals surface area contributed by atoms with E-state index in [4.69, 9.17) is 5.11 Å². The summed E-state index contributed by atoms with van der Waals surface area (Å²) < 4.78 is 4.62. The molecular formula is C14H26O4. The van der Waals surface area contributed by atoms with E-state index in [9.17, 15) is 9.59 Å². The van der Waals surface area contributed by atoms with Gasteiger partial charge in [0.15, 0.2) is 0 Å². The van der Waals surface area contributed by atoms with E-state index in [1.165, 1.54) is 39.2 Å². The summed E-state index contributed by atoms with van der Waals surface area (Å²) >= 11 is 0. The maximum Gasteiger partial charge on any atom is 0.309 e. The van der Waals surface area contributed by atoms with E-state index in [0.717, 1.165) is 12.8 Å². The lowest BCUT2D eigenvalue weighted by molar-refractivity contribution is -0.151. The Bertz CT molecular complexity index is 238. The summed E-state index contributed by atoms with van der Waals surface area (Å²) in [6, 6.07) is 0. The van der Waals surface area contributed by atoms with E-state index in [0.29, 0.717) is 6.42 Å². The lowest BCUT2D eigenvalue weighted by atomic mass is 9.97. The van der Waals surface area contributed by atoms with Gasteiger partial charge in [0, 0.05) is 0 Å². The number of aliphatic carboxylic acids is 1. The predicted molar refractivity (Wildman–Crippen MR) is 70.4 cm³/mol. The summed E-state index contributed by atoms with van der Waals surface area (Å²) in [5, 5.41) is 8.72. The summed E-state index contributed by atoms with van der Waals surface area (Å²) in [5.74, 6) is -1.82. The molecule has 106 valence electrons. The summed E-state index contributed by atoms with van der Waals surface area (Å²) in [6.45, 7) is 2.19. The number of hydrogen-bond donors (Lipinski definition) is 1. The lowest BCUT2D eigenvalue weighted by Gasteiger charge is -2.11. The van der Waals surface area contributed by atoms with Crippen molar-refractivity contribution < 1.29 is 19.4 Å². The van der Waals surface area contributed by atoms with Crippen LogP contribution in [-0.2, 0) is 14.3 Å². The van der Waals surface area contributed by atoms with Crippen LogP contribution in [0.2, 0.25) is 0 Å². The Balaban J connectivity index is 3.69. The van der Waals surface area contributed by atoms with E-state index < -0.39 is 17.9 Å². The summed E-state index contributed by atoms with van der Waals surface area (Å²) in [7, 11) is 1.31. The Morgan fingerprint density at radius 1 is 1.06 bits per heavy atom. The molecule has 0 aromatic rings. The molecule has 0 aromatic carbocycles. The van der Waals surface area contributed by atoms with Gasteiger partial charge in [-0.1, -0.05) is 51.9 Å². The first kappa shape index (κ1) is 16.9. The largest absolute Gasteiger partial charge is 0.481 e. The van der Waals surface area contributed by atoms with Crippen LogP contribution in [-0.4, -0.2) is 24.2 Å². The zero-order valence-corrected chi connectivity index (χ0v) is 11.6. The molecule has 0 heterocycles. The molecule has 0 aliphatic carbocycles. The first-order chi connectivity index (χ1) is 8.61. The number of methoxy groups -OCH3 is 1. The van der Waals surface area contributed by atoms with Gasteiger partial charge in [0.25, 0.3) is 0 Å². The van der Waals surface area contributed by atoms with Crippen molar-refractivity contribution in [2.24, 2.45) is 5.92 Å². The molecule has 1 N–H and O–H groups in total. The van der Waals surface area contributed by atoms with E-state index in [1.54, 1.807) is 0 Å². The van der Waals surface area contributed by atoms with Crippen LogP contribution in [0.3, 0.4) is 0 Å². The molecule has 1 unspecified atom stereocenters. The highest BCUT2D eigenvalue weighted by Gasteiger charge is 2.21. The van der Waals surface area contributed by atoms with Crippen molar-refractivity contribution in [3.8, 4) is 0 Å². The van der Waals surface area contributed by atoms with Gasteiger partial charge in [-0.3, -0.25) is 9.59 Å². The number of esters is 1. The highest BCUT2D eigenvalue weighted by molar-refractivity contribution is 5.78. The summed E-state index contributed by atoms with van der Waals surface area (Å²) in [5.41, 5.74) is 0. The number of carboxylic acids is 1. The number of carboxylic acid groups (broad SMARTS) is 1. The average Bonchev–Trinajstić information content (AvgIpc) is 2.34. The van der Waals surface area contributed by atoms with Crippen molar-refractivity contribution in [1.82, 2.24) is 0 Å². The third-order valence-electron chi connectivity index (χ3n) is 3.11. The van der Waals surface area contributed by atoms with Gasteiger partial charge < -0.3 is 9.84 Å². The van der Waals surface area contributed by atoms with E-state index in [2.05, 4.69) is 11.7 Å². The van der Waals surface area contributed by atoms with Gasteiger partial charge >= 0.3 is 11.9 Å². The molecule has 0 aliphatic heterocycles. The Kier molecular flexibility index (Phi) is 10.4. The molecule has 0 aromatic heterocycles. The first-order valence-electron chi connectivity index (χ1n) is 6.91. The summed E-state index contributed by atoms with van der Waals surface area (Å²) in [6.07, 6.45) is 8.65. The fourth-order valence-electron chi connectivity index (χ4n) is 2.03. The monoisotopic (exact) mass is 258 g/mol. The predicted octanol–water partition coefficient (Wildman–Crippen LogP) is 3.39. The first-order valence-corrected chi connectivity index (χ1v) is 6.91. The molecule has 18 heavy (non-hydrogen) atoms. The third kappa shape index (κ3) is 9.02. The Morgan fingerprint density at radius 3 is 2.11 bits per heavy atom. The van der Waals surface area contributed by atoms with Crippen molar-refractivity contribution in [2.75, 3.05) is 7.11 Å². The van der Waals surface area contributed by atoms with Crippen LogP contribution in [0.25, 0.3) is 0 Å². The summed E-state index contributed by atoms with van der Waals surface area (Å²) in [4.78, 5) is 22.0. The van der Waals surface area contributed by atoms with Crippen LogP contribution in [0.5, 0.6) is 0 Å². The van der Waals surface area contributed by atoms with Gasteiger partial charge in [0.05, 0.1) is 19.4 Å². The minimum Gasteiger partial charge on any atom is -0.481 e. The number of carbonyl (C=O) groups excluding carboxylic acids is 1. The minimum absolute atomic E-state index is 0.123.